The summed E-state index contributed by atoms with van der Waals surface area (Å²) in [5, 5.41) is 6.76. The average Bonchev–Trinajstić information content (AvgIpc) is 3.42. The minimum Gasteiger partial charge on any atom is -0.317 e. The van der Waals surface area contributed by atoms with Gasteiger partial charge in [0.15, 0.2) is 5.13 Å². The average molecular weight is 491 g/mol. The summed E-state index contributed by atoms with van der Waals surface area (Å²) >= 11 is 1.39. The number of amides is 1. The van der Waals surface area contributed by atoms with Crippen molar-refractivity contribution < 1.29 is 13.2 Å². The van der Waals surface area contributed by atoms with Crippen LogP contribution in [0.2, 0.25) is 0 Å². The van der Waals surface area contributed by atoms with Crippen molar-refractivity contribution in [1.29, 1.82) is 0 Å². The first-order valence-electron chi connectivity index (χ1n) is 11.9. The van der Waals surface area contributed by atoms with Crippen molar-refractivity contribution in [2.45, 2.75) is 76.2 Å². The van der Waals surface area contributed by atoms with Crippen molar-refractivity contribution in [3.63, 3.8) is 0 Å². The molecule has 33 heavy (non-hydrogen) atoms. The van der Waals surface area contributed by atoms with Crippen LogP contribution in [0.4, 0.5) is 5.13 Å². The number of hydrogen-bond acceptors (Lipinski definition) is 6. The molecule has 2 aliphatic rings. The topological polar surface area (TPSA) is 100 Å². The number of aryl methyl sites for hydroxylation is 2. The van der Waals surface area contributed by atoms with Crippen LogP contribution in [0.15, 0.2) is 23.1 Å². The minimum absolute atomic E-state index is 0.000504. The van der Waals surface area contributed by atoms with Gasteiger partial charge in [0, 0.05) is 12.5 Å². The van der Waals surface area contributed by atoms with Gasteiger partial charge in [-0.05, 0) is 69.3 Å². The van der Waals surface area contributed by atoms with Crippen molar-refractivity contribution in [3.05, 3.63) is 29.5 Å². The molecule has 0 atom stereocenters. The Morgan fingerprint density at radius 2 is 1.88 bits per heavy atom. The first-order chi connectivity index (χ1) is 15.8. The zero-order valence-electron chi connectivity index (χ0n) is 19.4. The van der Waals surface area contributed by atoms with Gasteiger partial charge < -0.3 is 10.6 Å². The zero-order chi connectivity index (χ0) is 23.4. The number of carbonyl (C=O) groups excluding carboxylic acids is 1. The highest BCUT2D eigenvalue weighted by Gasteiger charge is 2.24. The van der Waals surface area contributed by atoms with Crippen LogP contribution in [0.3, 0.4) is 0 Å². The second-order valence-electron chi connectivity index (χ2n) is 9.30. The highest BCUT2D eigenvalue weighted by molar-refractivity contribution is 7.89. The summed E-state index contributed by atoms with van der Waals surface area (Å²) in [7, 11) is -3.62. The summed E-state index contributed by atoms with van der Waals surface area (Å²) in [6.07, 6.45) is 8.06. The second-order valence-corrected chi connectivity index (χ2v) is 12.0. The number of anilines is 1. The van der Waals surface area contributed by atoms with Crippen LogP contribution in [-0.4, -0.2) is 38.4 Å². The number of piperidine rings is 1. The van der Waals surface area contributed by atoms with Gasteiger partial charge in [0.1, 0.15) is 0 Å². The molecular weight excluding hydrogens is 456 g/mol. The minimum atomic E-state index is -3.62. The molecule has 0 radical (unpaired) electrons. The predicted octanol–water partition coefficient (Wildman–Crippen LogP) is 4.37. The molecule has 0 unspecified atom stereocenters. The Morgan fingerprint density at radius 1 is 1.15 bits per heavy atom. The maximum Gasteiger partial charge on any atom is 0.241 e. The molecule has 1 saturated carbocycles. The molecule has 1 aliphatic heterocycles. The first-order valence-corrected chi connectivity index (χ1v) is 14.2. The van der Waals surface area contributed by atoms with Gasteiger partial charge in [-0.15, -0.1) is 0 Å². The molecule has 4 rings (SSSR count). The van der Waals surface area contributed by atoms with Gasteiger partial charge in [0.2, 0.25) is 15.9 Å². The van der Waals surface area contributed by atoms with Crippen LogP contribution in [0.5, 0.6) is 0 Å². The molecule has 1 saturated heterocycles. The largest absolute Gasteiger partial charge is 0.317 e. The van der Waals surface area contributed by atoms with Crippen molar-refractivity contribution in [3.8, 4) is 10.4 Å². The monoisotopic (exact) mass is 490 g/mol. The fraction of sp³-hybridized carbons (Fsp3) is 0.583. The molecule has 2 fully saturated rings. The van der Waals surface area contributed by atoms with Crippen LogP contribution in [0, 0.1) is 19.8 Å². The number of hydrogen-bond donors (Lipinski definition) is 3. The maximum atomic E-state index is 13.1. The fourth-order valence-corrected chi connectivity index (χ4v) is 7.34. The van der Waals surface area contributed by atoms with Gasteiger partial charge in [-0.2, -0.15) is 0 Å². The van der Waals surface area contributed by atoms with E-state index >= 15 is 0 Å². The number of nitrogens with zero attached hydrogens (tertiary/aromatic N) is 1. The number of nitrogens with one attached hydrogen (secondary N) is 3. The number of carbonyl (C=O) groups is 1. The zero-order valence-corrected chi connectivity index (χ0v) is 21.1. The lowest BCUT2D eigenvalue weighted by Gasteiger charge is -2.24. The van der Waals surface area contributed by atoms with E-state index in [1.165, 1.54) is 37.0 Å². The summed E-state index contributed by atoms with van der Waals surface area (Å²) in [6, 6.07) is 5.44. The van der Waals surface area contributed by atoms with Crippen LogP contribution in [-0.2, 0) is 14.8 Å². The SMILES string of the molecule is Cc1ccc(-c2sc(NC(=O)CCC3CCCC3)nc2C)cc1S(=O)(=O)NC1CCNCC1. The number of thiazole rings is 1. The Kier molecular flexibility index (Phi) is 7.83. The number of aromatic nitrogens is 1. The van der Waals surface area contributed by atoms with Gasteiger partial charge >= 0.3 is 0 Å². The van der Waals surface area contributed by atoms with Crippen LogP contribution in [0.1, 0.15) is 62.6 Å². The fourth-order valence-electron chi connectivity index (χ4n) is 4.79. The van der Waals surface area contributed by atoms with E-state index in [0.717, 1.165) is 48.5 Å². The van der Waals surface area contributed by atoms with Gasteiger partial charge in [0.25, 0.3) is 0 Å². The lowest BCUT2D eigenvalue weighted by molar-refractivity contribution is -0.116. The van der Waals surface area contributed by atoms with E-state index in [1.807, 2.05) is 26.0 Å². The quantitative estimate of drug-likeness (QED) is 0.510. The Morgan fingerprint density at radius 3 is 2.61 bits per heavy atom. The summed E-state index contributed by atoms with van der Waals surface area (Å²) in [5.41, 5.74) is 2.29. The number of benzene rings is 1. The van der Waals surface area contributed by atoms with Crippen molar-refractivity contribution in [2.75, 3.05) is 18.4 Å². The number of rotatable bonds is 8. The third-order valence-corrected chi connectivity index (χ3v) is 9.48. The Balaban J connectivity index is 1.47. The first kappa shape index (κ1) is 24.3. The standard InChI is InChI=1S/C24H34N4O3S2/c1-16-7-9-19(15-21(16)33(30,31)28-20-11-13-25-14-12-20)23-17(2)26-24(32-23)27-22(29)10-8-18-5-3-4-6-18/h7,9,15,18,20,25,28H,3-6,8,10-14H2,1-2H3,(H,26,27,29). The van der Waals surface area contributed by atoms with E-state index in [9.17, 15) is 13.2 Å². The molecule has 2 heterocycles. The Bertz CT molecular complexity index is 1090. The molecule has 9 heteroatoms. The van der Waals surface area contributed by atoms with Crippen molar-refractivity contribution in [1.82, 2.24) is 15.0 Å². The molecule has 180 valence electrons. The second kappa shape index (κ2) is 10.6. The van der Waals surface area contributed by atoms with E-state index in [1.54, 1.807) is 6.07 Å². The maximum absolute atomic E-state index is 13.1. The van der Waals surface area contributed by atoms with E-state index in [2.05, 4.69) is 20.3 Å². The molecule has 1 aromatic carbocycles. The Labute approximate surface area is 200 Å². The molecule has 3 N–H and O–H groups in total. The molecule has 1 amide bonds. The molecular formula is C24H34N4O3S2. The van der Waals surface area contributed by atoms with E-state index in [-0.39, 0.29) is 11.9 Å². The summed E-state index contributed by atoms with van der Waals surface area (Å²) in [5.74, 6) is 0.677. The number of sulfonamides is 1. The van der Waals surface area contributed by atoms with Gasteiger partial charge in [0.05, 0.1) is 15.5 Å². The smallest absolute Gasteiger partial charge is 0.241 e. The van der Waals surface area contributed by atoms with Gasteiger partial charge in [-0.3, -0.25) is 4.79 Å². The molecule has 7 nitrogen and oxygen atoms in total. The summed E-state index contributed by atoms with van der Waals surface area (Å²) in [6.45, 7) is 5.35. The van der Waals surface area contributed by atoms with Crippen molar-refractivity contribution in [2.24, 2.45) is 5.92 Å². The van der Waals surface area contributed by atoms with E-state index < -0.39 is 10.0 Å². The third kappa shape index (κ3) is 6.20. The molecule has 2 aromatic rings. The highest BCUT2D eigenvalue weighted by Crippen LogP contribution is 2.35. The lowest BCUT2D eigenvalue weighted by atomic mass is 10.0. The van der Waals surface area contributed by atoms with Crippen LogP contribution < -0.4 is 15.4 Å². The summed E-state index contributed by atoms with van der Waals surface area (Å²) in [4.78, 5) is 18.1. The molecule has 1 aliphatic carbocycles. The van der Waals surface area contributed by atoms with E-state index in [4.69, 9.17) is 0 Å². The van der Waals surface area contributed by atoms with Gasteiger partial charge in [-0.25, -0.2) is 18.1 Å². The van der Waals surface area contributed by atoms with Crippen LogP contribution in [0.25, 0.3) is 10.4 Å². The lowest BCUT2D eigenvalue weighted by Crippen LogP contribution is -2.42. The Hall–Kier alpha value is -1.81. The third-order valence-electron chi connectivity index (χ3n) is 6.70. The molecule has 0 spiro atoms. The van der Waals surface area contributed by atoms with E-state index in [0.29, 0.717) is 27.9 Å². The van der Waals surface area contributed by atoms with Gasteiger partial charge in [-0.1, -0.05) is 49.2 Å². The normalized spacial score (nSPS) is 18.0. The molecule has 1 aromatic heterocycles. The predicted molar refractivity (Wildman–Crippen MR) is 133 cm³/mol. The highest BCUT2D eigenvalue weighted by atomic mass is 32.2. The van der Waals surface area contributed by atoms with Crippen LogP contribution >= 0.6 is 11.3 Å². The molecule has 0 bridgehead atoms. The van der Waals surface area contributed by atoms with Crippen molar-refractivity contribution >= 4 is 32.4 Å². The summed E-state index contributed by atoms with van der Waals surface area (Å²) < 4.78 is 29.1.